The highest BCUT2D eigenvalue weighted by Gasteiger charge is 2.20. The molecule has 0 rings (SSSR count). The maximum Gasteiger partial charge on any atom is 0.305 e. The number of esters is 1. The predicted molar refractivity (Wildman–Crippen MR) is 347 cm³/mol. The molecule has 0 fully saturated rings. The van der Waals surface area contributed by atoms with E-state index in [-0.39, 0.29) is 18.5 Å². The molecule has 3 N–H and O–H groups in total. The minimum atomic E-state index is -0.668. The molecule has 0 radical (unpaired) electrons. The van der Waals surface area contributed by atoms with Gasteiger partial charge in [0.2, 0.25) is 5.91 Å². The van der Waals surface area contributed by atoms with Gasteiger partial charge in [-0.3, -0.25) is 9.59 Å². The number of aliphatic hydroxyl groups excluding tert-OH is 2. The largest absolute Gasteiger partial charge is 0.466 e. The van der Waals surface area contributed by atoms with Crippen molar-refractivity contribution in [2.75, 3.05) is 13.2 Å². The second kappa shape index (κ2) is 68.8. The number of unbranched alkanes of at least 4 members (excludes halogenated alkanes) is 53. The average molecular weight is 1110 g/mol. The number of nitrogens with one attached hydrogen (secondary N) is 1. The highest BCUT2D eigenvalue weighted by Crippen LogP contribution is 2.19. The molecule has 0 aliphatic heterocycles. The first-order valence-corrected chi connectivity index (χ1v) is 36.1. The highest BCUT2D eigenvalue weighted by atomic mass is 16.5. The van der Waals surface area contributed by atoms with Crippen molar-refractivity contribution in [2.24, 2.45) is 0 Å². The van der Waals surface area contributed by atoms with Crippen LogP contribution in [0.25, 0.3) is 0 Å². The van der Waals surface area contributed by atoms with Crippen LogP contribution in [0.3, 0.4) is 0 Å². The van der Waals surface area contributed by atoms with Crippen LogP contribution in [0.2, 0.25) is 0 Å². The molecule has 79 heavy (non-hydrogen) atoms. The Morgan fingerprint density at radius 2 is 0.595 bits per heavy atom. The van der Waals surface area contributed by atoms with E-state index in [0.717, 1.165) is 44.9 Å². The van der Waals surface area contributed by atoms with Crippen molar-refractivity contribution in [3.05, 3.63) is 24.3 Å². The van der Waals surface area contributed by atoms with Crippen LogP contribution in [0, 0.1) is 0 Å². The monoisotopic (exact) mass is 1110 g/mol. The van der Waals surface area contributed by atoms with Gasteiger partial charge in [0.1, 0.15) is 0 Å². The van der Waals surface area contributed by atoms with Gasteiger partial charge >= 0.3 is 5.97 Å². The Morgan fingerprint density at radius 1 is 0.342 bits per heavy atom. The van der Waals surface area contributed by atoms with E-state index in [1.807, 2.05) is 0 Å². The lowest BCUT2D eigenvalue weighted by Crippen LogP contribution is -2.45. The quantitative estimate of drug-likeness (QED) is 0.0320. The fourth-order valence-corrected chi connectivity index (χ4v) is 11.5. The zero-order valence-electron chi connectivity index (χ0n) is 53.6. The van der Waals surface area contributed by atoms with Crippen molar-refractivity contribution in [1.82, 2.24) is 5.32 Å². The lowest BCUT2D eigenvalue weighted by atomic mass is 10.0. The predicted octanol–water partition coefficient (Wildman–Crippen LogP) is 23.3. The molecule has 0 aromatic heterocycles. The lowest BCUT2D eigenvalue weighted by Gasteiger charge is -2.22. The number of carbonyl (C=O) groups excluding carboxylic acids is 2. The summed E-state index contributed by atoms with van der Waals surface area (Å²) in [4.78, 5) is 24.6. The van der Waals surface area contributed by atoms with Gasteiger partial charge in [-0.2, -0.15) is 0 Å². The van der Waals surface area contributed by atoms with E-state index in [4.69, 9.17) is 4.74 Å². The minimum absolute atomic E-state index is 0.00420. The van der Waals surface area contributed by atoms with Crippen LogP contribution in [0.15, 0.2) is 24.3 Å². The van der Waals surface area contributed by atoms with E-state index in [1.165, 1.54) is 327 Å². The number of ether oxygens (including phenoxy) is 1. The molecule has 0 spiro atoms. The van der Waals surface area contributed by atoms with Crippen molar-refractivity contribution in [2.45, 2.75) is 418 Å². The van der Waals surface area contributed by atoms with Gasteiger partial charge in [0, 0.05) is 12.8 Å². The van der Waals surface area contributed by atoms with Crippen LogP contribution >= 0.6 is 0 Å². The summed E-state index contributed by atoms with van der Waals surface area (Å²) in [6.07, 6.45) is 86.6. The van der Waals surface area contributed by atoms with Gasteiger partial charge in [-0.25, -0.2) is 0 Å². The third-order valence-electron chi connectivity index (χ3n) is 17.0. The number of hydrogen-bond acceptors (Lipinski definition) is 5. The van der Waals surface area contributed by atoms with E-state index in [1.54, 1.807) is 0 Å². The summed E-state index contributed by atoms with van der Waals surface area (Å²) in [7, 11) is 0. The molecule has 6 heteroatoms. The van der Waals surface area contributed by atoms with E-state index in [9.17, 15) is 19.8 Å². The summed E-state index contributed by atoms with van der Waals surface area (Å²) in [5, 5.41) is 23.5. The third kappa shape index (κ3) is 65.4. The van der Waals surface area contributed by atoms with Gasteiger partial charge in [0.15, 0.2) is 0 Å². The molecule has 468 valence electrons. The Labute approximate surface area is 494 Å². The smallest absolute Gasteiger partial charge is 0.305 e. The maximum atomic E-state index is 12.6. The van der Waals surface area contributed by atoms with E-state index in [0.29, 0.717) is 25.9 Å². The zero-order valence-corrected chi connectivity index (χ0v) is 53.6. The molecule has 6 nitrogen and oxygen atoms in total. The Kier molecular flexibility index (Phi) is 67.4. The molecular formula is C73H141NO5. The van der Waals surface area contributed by atoms with Crippen LogP contribution < -0.4 is 5.32 Å². The molecule has 1 amide bonds. The van der Waals surface area contributed by atoms with Crippen LogP contribution in [-0.4, -0.2) is 47.4 Å². The molecule has 0 aromatic rings. The lowest BCUT2D eigenvalue weighted by molar-refractivity contribution is -0.143. The molecule has 0 heterocycles. The normalized spacial score (nSPS) is 12.6. The van der Waals surface area contributed by atoms with Crippen molar-refractivity contribution < 1.29 is 24.5 Å². The van der Waals surface area contributed by atoms with E-state index >= 15 is 0 Å². The van der Waals surface area contributed by atoms with Crippen molar-refractivity contribution in [3.63, 3.8) is 0 Å². The molecule has 0 aromatic carbocycles. The maximum absolute atomic E-state index is 12.6. The molecule has 0 aliphatic rings. The topological polar surface area (TPSA) is 95.9 Å². The molecule has 2 unspecified atom stereocenters. The number of rotatable bonds is 68. The van der Waals surface area contributed by atoms with Crippen molar-refractivity contribution in [1.29, 1.82) is 0 Å². The number of hydrogen-bond donors (Lipinski definition) is 3. The molecule has 0 saturated carbocycles. The van der Waals surface area contributed by atoms with Crippen LogP contribution in [0.4, 0.5) is 0 Å². The minimum Gasteiger partial charge on any atom is -0.466 e. The molecule has 0 saturated heterocycles. The molecule has 0 bridgehead atoms. The summed E-state index contributed by atoms with van der Waals surface area (Å²) in [6.45, 7) is 4.96. The SMILES string of the molecule is CCCCC/C=C\CCCCCCCC(=O)OCCCCCCCCCCCCCC/C=C\CCCCCCCCCCCC(=O)NC(CO)C(O)CCCCCCCCCCCCCCCCCCCCCCCCCCC. The first-order chi connectivity index (χ1) is 39.0. The summed E-state index contributed by atoms with van der Waals surface area (Å²) >= 11 is 0. The second-order valence-corrected chi connectivity index (χ2v) is 24.9. The Balaban J connectivity index is 3.40. The fourth-order valence-electron chi connectivity index (χ4n) is 11.5. The van der Waals surface area contributed by atoms with Crippen LogP contribution in [0.1, 0.15) is 406 Å². The van der Waals surface area contributed by atoms with Gasteiger partial charge in [0.05, 0.1) is 25.4 Å². The van der Waals surface area contributed by atoms with Gasteiger partial charge < -0.3 is 20.3 Å². The third-order valence-corrected chi connectivity index (χ3v) is 17.0. The zero-order chi connectivity index (χ0) is 57.1. The molecule has 0 aliphatic carbocycles. The van der Waals surface area contributed by atoms with Crippen LogP contribution in [-0.2, 0) is 14.3 Å². The van der Waals surface area contributed by atoms with Crippen LogP contribution in [0.5, 0.6) is 0 Å². The average Bonchev–Trinajstić information content (AvgIpc) is 3.45. The summed E-state index contributed by atoms with van der Waals surface area (Å²) < 4.78 is 5.47. The molecular weight excluding hydrogens is 971 g/mol. The first-order valence-electron chi connectivity index (χ1n) is 36.1. The summed E-state index contributed by atoms with van der Waals surface area (Å²) in [5.41, 5.74) is 0. The second-order valence-electron chi connectivity index (χ2n) is 24.9. The standard InChI is InChI=1S/C73H141NO5/c1-3-5-7-9-11-13-15-17-18-19-20-21-22-24-27-30-33-36-39-42-45-49-53-57-61-65-71(76)70(69-75)74-72(77)66-62-58-54-50-46-43-40-37-34-31-28-25-23-26-29-32-35-38-41-44-48-52-56-60-64-68-79-73(78)67-63-59-55-51-47-16-14-12-10-8-6-4-2/h12,14,25,28,70-71,75-76H,3-11,13,15-24,26-27,29-69H2,1-2H3,(H,74,77)/b14-12-,28-25-. The van der Waals surface area contributed by atoms with Gasteiger partial charge in [0.25, 0.3) is 0 Å². The Hall–Kier alpha value is -1.66. The number of amides is 1. The first kappa shape index (κ1) is 77.3. The van der Waals surface area contributed by atoms with Crippen molar-refractivity contribution >= 4 is 11.9 Å². The Morgan fingerprint density at radius 3 is 0.924 bits per heavy atom. The van der Waals surface area contributed by atoms with Gasteiger partial charge in [-0.15, -0.1) is 0 Å². The Bertz CT molecular complexity index is 1230. The van der Waals surface area contributed by atoms with Gasteiger partial charge in [-0.05, 0) is 77.0 Å². The number of allylic oxidation sites excluding steroid dienone is 4. The number of aliphatic hydroxyl groups is 2. The fraction of sp³-hybridized carbons (Fsp3) is 0.918. The van der Waals surface area contributed by atoms with Gasteiger partial charge in [-0.1, -0.05) is 340 Å². The van der Waals surface area contributed by atoms with Crippen molar-refractivity contribution in [3.8, 4) is 0 Å². The highest BCUT2D eigenvalue weighted by molar-refractivity contribution is 5.76. The summed E-state index contributed by atoms with van der Waals surface area (Å²) in [6, 6.07) is -0.545. The van der Waals surface area contributed by atoms with E-state index in [2.05, 4.69) is 43.5 Å². The summed E-state index contributed by atoms with van der Waals surface area (Å²) in [5.74, 6) is -0.0289. The number of carbonyl (C=O) groups is 2. The van der Waals surface area contributed by atoms with E-state index < -0.39 is 12.1 Å². The molecule has 2 atom stereocenters.